The fourth-order valence-electron chi connectivity index (χ4n) is 1.61. The van der Waals surface area contributed by atoms with E-state index in [2.05, 4.69) is 10.3 Å². The molecule has 1 fully saturated rings. The zero-order chi connectivity index (χ0) is 11.1. The predicted molar refractivity (Wildman–Crippen MR) is 54.7 cm³/mol. The third-order valence-corrected chi connectivity index (χ3v) is 2.80. The second-order valence-corrected chi connectivity index (χ2v) is 4.58. The number of hydrogen-bond donors (Lipinski definition) is 1. The summed E-state index contributed by atoms with van der Waals surface area (Å²) in [5.41, 5.74) is 0.0808. The van der Waals surface area contributed by atoms with E-state index in [1.54, 1.807) is 6.07 Å². The van der Waals surface area contributed by atoms with Crippen molar-refractivity contribution >= 4 is 11.7 Å². The molecule has 1 heterocycles. The third-order valence-electron chi connectivity index (χ3n) is 2.80. The van der Waals surface area contributed by atoms with E-state index in [4.69, 9.17) is 0 Å². The van der Waals surface area contributed by atoms with Crippen molar-refractivity contribution in [3.63, 3.8) is 0 Å². The largest absolute Gasteiger partial charge is 0.310 e. The van der Waals surface area contributed by atoms with Gasteiger partial charge in [-0.05, 0) is 24.0 Å². The predicted octanol–water partition coefficient (Wildman–Crippen LogP) is 2.21. The average molecular weight is 208 g/mol. The van der Waals surface area contributed by atoms with Gasteiger partial charge >= 0.3 is 0 Å². The van der Waals surface area contributed by atoms with Gasteiger partial charge in [-0.1, -0.05) is 19.9 Å². The fraction of sp³-hybridized carbons (Fsp3) is 0.455. The molecule has 2 rings (SSSR count). The van der Waals surface area contributed by atoms with E-state index in [1.807, 2.05) is 13.8 Å². The normalized spacial score (nSPS) is 22.2. The van der Waals surface area contributed by atoms with Crippen LogP contribution < -0.4 is 5.32 Å². The summed E-state index contributed by atoms with van der Waals surface area (Å²) in [5, 5.41) is 2.61. The Bertz CT molecular complexity index is 403. The summed E-state index contributed by atoms with van der Waals surface area (Å²) in [6, 6.07) is 4.35. The van der Waals surface area contributed by atoms with Crippen molar-refractivity contribution in [2.45, 2.75) is 20.3 Å². The first kappa shape index (κ1) is 10.1. The van der Waals surface area contributed by atoms with Crippen LogP contribution in [0.15, 0.2) is 18.2 Å². The van der Waals surface area contributed by atoms with Gasteiger partial charge in [0.2, 0.25) is 11.9 Å². The Hall–Kier alpha value is -1.45. The Labute approximate surface area is 87.7 Å². The lowest BCUT2D eigenvalue weighted by molar-refractivity contribution is -0.118. The van der Waals surface area contributed by atoms with Crippen molar-refractivity contribution < 1.29 is 9.18 Å². The maximum absolute atomic E-state index is 12.7. The van der Waals surface area contributed by atoms with Crippen LogP contribution in [0.25, 0.3) is 0 Å². The zero-order valence-electron chi connectivity index (χ0n) is 8.75. The second kappa shape index (κ2) is 3.29. The molecule has 0 bridgehead atoms. The number of amides is 1. The summed E-state index contributed by atoms with van der Waals surface area (Å²) in [4.78, 5) is 15.2. The van der Waals surface area contributed by atoms with Gasteiger partial charge in [-0.3, -0.25) is 4.79 Å². The molecule has 1 aromatic rings. The van der Waals surface area contributed by atoms with Crippen molar-refractivity contribution in [3.8, 4) is 0 Å². The molecular formula is C11H13FN2O. The Morgan fingerprint density at radius 2 is 2.27 bits per heavy atom. The van der Waals surface area contributed by atoms with E-state index < -0.39 is 5.95 Å². The monoisotopic (exact) mass is 208 g/mol. The number of aromatic nitrogens is 1. The molecule has 1 atom stereocenters. The highest BCUT2D eigenvalue weighted by Gasteiger charge is 2.50. The summed E-state index contributed by atoms with van der Waals surface area (Å²) < 4.78 is 12.7. The van der Waals surface area contributed by atoms with Gasteiger partial charge in [0.1, 0.15) is 5.82 Å². The first-order valence-electron chi connectivity index (χ1n) is 4.92. The number of halogens is 1. The van der Waals surface area contributed by atoms with Crippen molar-refractivity contribution in [1.82, 2.24) is 4.98 Å². The zero-order valence-corrected chi connectivity index (χ0v) is 8.75. The molecule has 0 aliphatic heterocycles. The highest BCUT2D eigenvalue weighted by molar-refractivity contribution is 5.94. The Morgan fingerprint density at radius 3 is 2.80 bits per heavy atom. The molecule has 0 saturated heterocycles. The van der Waals surface area contributed by atoms with Gasteiger partial charge in [0.15, 0.2) is 0 Å². The Kier molecular flexibility index (Phi) is 2.21. The number of carbonyl (C=O) groups excluding carboxylic acids is 1. The molecule has 3 nitrogen and oxygen atoms in total. The van der Waals surface area contributed by atoms with Crippen molar-refractivity contribution in [2.75, 3.05) is 5.32 Å². The molecule has 0 spiro atoms. The van der Waals surface area contributed by atoms with Crippen molar-refractivity contribution in [2.24, 2.45) is 11.3 Å². The van der Waals surface area contributed by atoms with Crippen LogP contribution in [0.5, 0.6) is 0 Å². The molecule has 1 unspecified atom stereocenters. The number of carbonyl (C=O) groups is 1. The highest BCUT2D eigenvalue weighted by atomic mass is 19.1. The quantitative estimate of drug-likeness (QED) is 0.757. The van der Waals surface area contributed by atoms with Crippen LogP contribution in [0.4, 0.5) is 10.2 Å². The van der Waals surface area contributed by atoms with Crippen LogP contribution in [-0.4, -0.2) is 10.9 Å². The Morgan fingerprint density at radius 1 is 1.60 bits per heavy atom. The molecule has 1 amide bonds. The number of nitrogens with one attached hydrogen (secondary N) is 1. The lowest BCUT2D eigenvalue weighted by Crippen LogP contribution is -2.17. The van der Waals surface area contributed by atoms with Gasteiger partial charge in [-0.2, -0.15) is 4.39 Å². The number of anilines is 1. The molecule has 1 aromatic heterocycles. The maximum Gasteiger partial charge on any atom is 0.229 e. The minimum absolute atomic E-state index is 0.0302. The van der Waals surface area contributed by atoms with Crippen molar-refractivity contribution in [1.29, 1.82) is 0 Å². The lowest BCUT2D eigenvalue weighted by Gasteiger charge is -2.05. The molecule has 1 aliphatic carbocycles. The summed E-state index contributed by atoms with van der Waals surface area (Å²) in [7, 11) is 0. The van der Waals surface area contributed by atoms with Crippen molar-refractivity contribution in [3.05, 3.63) is 24.1 Å². The highest BCUT2D eigenvalue weighted by Crippen LogP contribution is 2.51. The minimum atomic E-state index is -0.581. The number of rotatable bonds is 2. The first-order chi connectivity index (χ1) is 6.99. The molecule has 1 saturated carbocycles. The fourth-order valence-corrected chi connectivity index (χ4v) is 1.61. The van der Waals surface area contributed by atoms with Gasteiger partial charge in [0, 0.05) is 5.92 Å². The van der Waals surface area contributed by atoms with Crippen LogP contribution in [0.3, 0.4) is 0 Å². The smallest absolute Gasteiger partial charge is 0.229 e. The topological polar surface area (TPSA) is 42.0 Å². The molecular weight excluding hydrogens is 195 g/mol. The summed E-state index contributed by atoms with van der Waals surface area (Å²) in [6.07, 6.45) is 0.883. The molecule has 0 radical (unpaired) electrons. The average Bonchev–Trinajstić information content (AvgIpc) is 2.75. The maximum atomic E-state index is 12.7. The van der Waals surface area contributed by atoms with Crippen LogP contribution in [0.1, 0.15) is 20.3 Å². The van der Waals surface area contributed by atoms with Crippen LogP contribution in [-0.2, 0) is 4.79 Å². The number of hydrogen-bond acceptors (Lipinski definition) is 2. The lowest BCUT2D eigenvalue weighted by atomic mass is 10.1. The van der Waals surface area contributed by atoms with Gasteiger partial charge in [0.05, 0.1) is 0 Å². The molecule has 0 aromatic carbocycles. The standard InChI is InChI=1S/C11H13FN2O/c1-11(2)6-7(11)10(15)14-9-5-3-4-8(12)13-9/h3-5,7H,6H2,1-2H3,(H,13,14,15). The number of nitrogens with zero attached hydrogens (tertiary/aromatic N) is 1. The minimum Gasteiger partial charge on any atom is -0.310 e. The first-order valence-corrected chi connectivity index (χ1v) is 4.92. The van der Waals surface area contributed by atoms with Gasteiger partial charge in [-0.25, -0.2) is 4.98 Å². The molecule has 4 heteroatoms. The number of pyridine rings is 1. The summed E-state index contributed by atoms with van der Waals surface area (Å²) in [5.74, 6) is -0.341. The van der Waals surface area contributed by atoms with E-state index in [9.17, 15) is 9.18 Å². The second-order valence-electron chi connectivity index (χ2n) is 4.58. The van der Waals surface area contributed by atoms with Crippen LogP contribution >= 0.6 is 0 Å². The van der Waals surface area contributed by atoms with Crippen LogP contribution in [0.2, 0.25) is 0 Å². The van der Waals surface area contributed by atoms with E-state index in [-0.39, 0.29) is 23.1 Å². The van der Waals surface area contributed by atoms with E-state index in [1.165, 1.54) is 12.1 Å². The van der Waals surface area contributed by atoms with Gasteiger partial charge < -0.3 is 5.32 Å². The van der Waals surface area contributed by atoms with Gasteiger partial charge in [-0.15, -0.1) is 0 Å². The summed E-state index contributed by atoms with van der Waals surface area (Å²) in [6.45, 7) is 4.08. The van der Waals surface area contributed by atoms with Gasteiger partial charge in [0.25, 0.3) is 0 Å². The van der Waals surface area contributed by atoms with Crippen LogP contribution in [0, 0.1) is 17.3 Å². The molecule has 80 valence electrons. The van der Waals surface area contributed by atoms with E-state index in [0.29, 0.717) is 0 Å². The molecule has 1 aliphatic rings. The van der Waals surface area contributed by atoms with E-state index >= 15 is 0 Å². The van der Waals surface area contributed by atoms with E-state index in [0.717, 1.165) is 6.42 Å². The SMILES string of the molecule is CC1(C)CC1C(=O)Nc1cccc(F)n1. The third kappa shape index (κ3) is 2.14. The molecule has 1 N–H and O–H groups in total. The Balaban J connectivity index is 2.01. The molecule has 15 heavy (non-hydrogen) atoms. The summed E-state index contributed by atoms with van der Waals surface area (Å²) >= 11 is 0.